The normalized spacial score (nSPS) is 12.2. The van der Waals surface area contributed by atoms with Crippen molar-refractivity contribution in [1.29, 1.82) is 0 Å². The standard InChI is InChI=1S/C21H17N3O2/c25-20(16-9-5-7-14-6-1-2-8-15(14)16)13-23-21(26)19-12-22-17-10-3-4-11-18(17)24-19/h1-12,20,25H,13H2,(H,23,26)/t20-/m0/s1. The van der Waals surface area contributed by atoms with Crippen molar-refractivity contribution in [3.05, 3.63) is 84.2 Å². The van der Waals surface area contributed by atoms with E-state index in [2.05, 4.69) is 15.3 Å². The Balaban J connectivity index is 1.51. The third-order valence-electron chi connectivity index (χ3n) is 4.32. The molecule has 1 aromatic heterocycles. The number of hydrogen-bond acceptors (Lipinski definition) is 4. The Bertz CT molecular complexity index is 1090. The van der Waals surface area contributed by atoms with Gasteiger partial charge in [-0.2, -0.15) is 0 Å². The second-order valence-corrected chi connectivity index (χ2v) is 6.04. The Morgan fingerprint density at radius 2 is 1.69 bits per heavy atom. The van der Waals surface area contributed by atoms with Crippen LogP contribution in [0, 0.1) is 0 Å². The predicted molar refractivity (Wildman–Crippen MR) is 101 cm³/mol. The lowest BCUT2D eigenvalue weighted by atomic mass is 10.0. The van der Waals surface area contributed by atoms with Gasteiger partial charge in [0, 0.05) is 6.54 Å². The molecule has 0 saturated carbocycles. The molecule has 5 nitrogen and oxygen atoms in total. The number of nitrogens with zero attached hydrogens (tertiary/aromatic N) is 2. The van der Waals surface area contributed by atoms with Crippen LogP contribution in [0.25, 0.3) is 21.8 Å². The Morgan fingerprint density at radius 1 is 0.962 bits per heavy atom. The van der Waals surface area contributed by atoms with Crippen molar-refractivity contribution in [3.63, 3.8) is 0 Å². The minimum Gasteiger partial charge on any atom is -0.387 e. The molecule has 128 valence electrons. The Hall–Kier alpha value is -3.31. The summed E-state index contributed by atoms with van der Waals surface area (Å²) in [4.78, 5) is 20.9. The van der Waals surface area contributed by atoms with Gasteiger partial charge < -0.3 is 10.4 Å². The van der Waals surface area contributed by atoms with Gasteiger partial charge in [0.2, 0.25) is 0 Å². The molecule has 0 radical (unpaired) electrons. The maximum absolute atomic E-state index is 12.4. The van der Waals surface area contributed by atoms with E-state index in [1.54, 1.807) is 0 Å². The topological polar surface area (TPSA) is 75.1 Å². The number of carbonyl (C=O) groups is 1. The highest BCUT2D eigenvalue weighted by Crippen LogP contribution is 2.23. The molecular weight excluding hydrogens is 326 g/mol. The van der Waals surface area contributed by atoms with Gasteiger partial charge in [0.25, 0.3) is 5.91 Å². The van der Waals surface area contributed by atoms with Gasteiger partial charge in [-0.05, 0) is 28.5 Å². The third-order valence-corrected chi connectivity index (χ3v) is 4.32. The molecule has 0 bridgehead atoms. The molecule has 0 fully saturated rings. The average molecular weight is 343 g/mol. The number of aromatic nitrogens is 2. The van der Waals surface area contributed by atoms with E-state index in [0.29, 0.717) is 5.52 Å². The number of para-hydroxylation sites is 2. The van der Waals surface area contributed by atoms with E-state index >= 15 is 0 Å². The van der Waals surface area contributed by atoms with E-state index in [1.165, 1.54) is 6.20 Å². The first-order chi connectivity index (χ1) is 12.7. The summed E-state index contributed by atoms with van der Waals surface area (Å²) in [6, 6.07) is 21.0. The number of hydrogen-bond donors (Lipinski definition) is 2. The van der Waals surface area contributed by atoms with Crippen LogP contribution < -0.4 is 5.32 Å². The van der Waals surface area contributed by atoms with Crippen molar-refractivity contribution in [3.8, 4) is 0 Å². The van der Waals surface area contributed by atoms with Crippen molar-refractivity contribution in [1.82, 2.24) is 15.3 Å². The summed E-state index contributed by atoms with van der Waals surface area (Å²) in [5.41, 5.74) is 2.41. The highest BCUT2D eigenvalue weighted by Gasteiger charge is 2.14. The summed E-state index contributed by atoms with van der Waals surface area (Å²) in [5.74, 6) is -0.359. The number of amides is 1. The molecule has 1 atom stereocenters. The molecule has 0 aliphatic carbocycles. The fraction of sp³-hybridized carbons (Fsp3) is 0.0952. The molecule has 4 aromatic rings. The van der Waals surface area contributed by atoms with Crippen molar-refractivity contribution >= 4 is 27.7 Å². The van der Waals surface area contributed by atoms with Crippen molar-refractivity contribution < 1.29 is 9.90 Å². The van der Waals surface area contributed by atoms with Crippen LogP contribution in [-0.2, 0) is 0 Å². The quantitative estimate of drug-likeness (QED) is 0.596. The Kier molecular flexibility index (Phi) is 4.29. The van der Waals surface area contributed by atoms with Gasteiger partial charge in [0.05, 0.1) is 23.3 Å². The van der Waals surface area contributed by atoms with E-state index in [9.17, 15) is 9.90 Å². The molecule has 1 amide bonds. The molecule has 1 heterocycles. The van der Waals surface area contributed by atoms with Gasteiger partial charge >= 0.3 is 0 Å². The molecule has 2 N–H and O–H groups in total. The number of aliphatic hydroxyl groups is 1. The highest BCUT2D eigenvalue weighted by atomic mass is 16.3. The van der Waals surface area contributed by atoms with Gasteiger partial charge in [-0.25, -0.2) is 4.98 Å². The van der Waals surface area contributed by atoms with Gasteiger partial charge in [-0.15, -0.1) is 0 Å². The number of fused-ring (bicyclic) bond motifs is 2. The number of carbonyl (C=O) groups excluding carboxylic acids is 1. The van der Waals surface area contributed by atoms with Gasteiger partial charge in [-0.3, -0.25) is 9.78 Å². The number of benzene rings is 3. The molecule has 0 aliphatic rings. The first-order valence-corrected chi connectivity index (χ1v) is 8.38. The zero-order valence-electron chi connectivity index (χ0n) is 14.0. The summed E-state index contributed by atoms with van der Waals surface area (Å²) in [5, 5.41) is 15.3. The number of nitrogens with one attached hydrogen (secondary N) is 1. The van der Waals surface area contributed by atoms with E-state index in [1.807, 2.05) is 66.7 Å². The fourth-order valence-corrected chi connectivity index (χ4v) is 3.00. The van der Waals surface area contributed by atoms with Crippen molar-refractivity contribution in [2.75, 3.05) is 6.54 Å². The molecule has 0 saturated heterocycles. The van der Waals surface area contributed by atoms with E-state index < -0.39 is 6.10 Å². The lowest BCUT2D eigenvalue weighted by Crippen LogP contribution is -2.29. The van der Waals surface area contributed by atoms with Crippen LogP contribution in [0.2, 0.25) is 0 Å². The minimum absolute atomic E-state index is 0.0986. The zero-order chi connectivity index (χ0) is 17.9. The third kappa shape index (κ3) is 3.12. The van der Waals surface area contributed by atoms with Crippen LogP contribution in [0.1, 0.15) is 22.2 Å². The highest BCUT2D eigenvalue weighted by molar-refractivity contribution is 5.93. The lowest BCUT2D eigenvalue weighted by Gasteiger charge is -2.14. The van der Waals surface area contributed by atoms with Crippen molar-refractivity contribution in [2.24, 2.45) is 0 Å². The number of aliphatic hydroxyl groups excluding tert-OH is 1. The second-order valence-electron chi connectivity index (χ2n) is 6.04. The van der Waals surface area contributed by atoms with Crippen LogP contribution in [0.5, 0.6) is 0 Å². The SMILES string of the molecule is O=C(NC[C@H](O)c1cccc2ccccc12)c1cnc2ccccc2n1. The molecule has 0 aliphatic heterocycles. The monoisotopic (exact) mass is 343 g/mol. The molecule has 26 heavy (non-hydrogen) atoms. The minimum atomic E-state index is -0.807. The molecule has 5 heteroatoms. The smallest absolute Gasteiger partial charge is 0.271 e. The van der Waals surface area contributed by atoms with Crippen LogP contribution in [-0.4, -0.2) is 27.5 Å². The Morgan fingerprint density at radius 3 is 2.58 bits per heavy atom. The number of rotatable bonds is 4. The summed E-state index contributed by atoms with van der Waals surface area (Å²) in [6.07, 6.45) is 0.639. The summed E-state index contributed by atoms with van der Waals surface area (Å²) >= 11 is 0. The fourth-order valence-electron chi connectivity index (χ4n) is 3.00. The first kappa shape index (κ1) is 16.2. The maximum atomic E-state index is 12.4. The molecule has 3 aromatic carbocycles. The van der Waals surface area contributed by atoms with Crippen LogP contribution in [0.15, 0.2) is 72.9 Å². The maximum Gasteiger partial charge on any atom is 0.271 e. The van der Waals surface area contributed by atoms with Crippen LogP contribution in [0.4, 0.5) is 0 Å². The van der Waals surface area contributed by atoms with Gasteiger partial charge in [-0.1, -0.05) is 54.6 Å². The Labute approximate surface area is 150 Å². The average Bonchev–Trinajstić information content (AvgIpc) is 2.71. The predicted octanol–water partition coefficient (Wildman–Crippen LogP) is 3.25. The van der Waals surface area contributed by atoms with Crippen LogP contribution in [0.3, 0.4) is 0 Å². The first-order valence-electron chi connectivity index (χ1n) is 8.38. The molecule has 0 unspecified atom stereocenters. The second kappa shape index (κ2) is 6.90. The summed E-state index contributed by atoms with van der Waals surface area (Å²) in [7, 11) is 0. The zero-order valence-corrected chi connectivity index (χ0v) is 14.0. The van der Waals surface area contributed by atoms with E-state index in [4.69, 9.17) is 0 Å². The molecule has 4 rings (SSSR count). The summed E-state index contributed by atoms with van der Waals surface area (Å²) in [6.45, 7) is 0.0986. The van der Waals surface area contributed by atoms with E-state index in [-0.39, 0.29) is 18.1 Å². The van der Waals surface area contributed by atoms with Crippen molar-refractivity contribution in [2.45, 2.75) is 6.10 Å². The lowest BCUT2D eigenvalue weighted by molar-refractivity contribution is 0.0912. The largest absolute Gasteiger partial charge is 0.387 e. The van der Waals surface area contributed by atoms with Gasteiger partial charge in [0.15, 0.2) is 0 Å². The summed E-state index contributed by atoms with van der Waals surface area (Å²) < 4.78 is 0. The van der Waals surface area contributed by atoms with E-state index in [0.717, 1.165) is 21.9 Å². The van der Waals surface area contributed by atoms with Crippen LogP contribution >= 0.6 is 0 Å². The van der Waals surface area contributed by atoms with Gasteiger partial charge in [0.1, 0.15) is 5.69 Å². The molecular formula is C21H17N3O2. The molecule has 0 spiro atoms.